The van der Waals surface area contributed by atoms with Gasteiger partial charge in [0.15, 0.2) is 0 Å². The summed E-state index contributed by atoms with van der Waals surface area (Å²) in [5, 5.41) is 12.2. The molecular weight excluding hydrogens is 264 g/mol. The van der Waals surface area contributed by atoms with Crippen LogP contribution in [0.15, 0.2) is 5.51 Å². The number of rotatable bonds is 3. The molecule has 2 unspecified atom stereocenters. The number of hydrogen-bond acceptors (Lipinski definition) is 4. The van der Waals surface area contributed by atoms with Gasteiger partial charge in [-0.3, -0.25) is 9.59 Å². The van der Waals surface area contributed by atoms with E-state index in [9.17, 15) is 14.7 Å². The van der Waals surface area contributed by atoms with E-state index in [1.165, 1.54) is 11.3 Å². The summed E-state index contributed by atoms with van der Waals surface area (Å²) in [7, 11) is 0. The Labute approximate surface area is 116 Å². The highest BCUT2D eigenvalue weighted by molar-refractivity contribution is 7.11. The standard InChI is InChI=1S/C13H18N2O3S/c1-8-11(19-7-14-8)12(16)15-10-6-4-2-3-5-9(10)13(17)18/h7,9-10H,2-6H2,1H3,(H,15,16)(H,17,18). The molecule has 2 atom stereocenters. The first-order chi connectivity index (χ1) is 9.09. The van der Waals surface area contributed by atoms with Crippen molar-refractivity contribution >= 4 is 23.2 Å². The van der Waals surface area contributed by atoms with E-state index in [1.807, 2.05) is 0 Å². The summed E-state index contributed by atoms with van der Waals surface area (Å²) >= 11 is 1.29. The summed E-state index contributed by atoms with van der Waals surface area (Å²) in [4.78, 5) is 28.1. The van der Waals surface area contributed by atoms with Gasteiger partial charge >= 0.3 is 5.97 Å². The lowest BCUT2D eigenvalue weighted by molar-refractivity contribution is -0.142. The number of aliphatic carboxylic acids is 1. The number of aryl methyl sites for hydroxylation is 1. The molecule has 0 aliphatic heterocycles. The number of carbonyl (C=O) groups excluding carboxylic acids is 1. The highest BCUT2D eigenvalue weighted by Crippen LogP contribution is 2.24. The molecule has 1 aromatic rings. The Morgan fingerprint density at radius 3 is 2.74 bits per heavy atom. The lowest BCUT2D eigenvalue weighted by atomic mass is 9.95. The first-order valence-corrected chi connectivity index (χ1v) is 7.41. The lowest BCUT2D eigenvalue weighted by Crippen LogP contribution is -2.42. The van der Waals surface area contributed by atoms with E-state index in [0.717, 1.165) is 25.7 Å². The van der Waals surface area contributed by atoms with E-state index in [-0.39, 0.29) is 11.9 Å². The lowest BCUT2D eigenvalue weighted by Gasteiger charge is -2.22. The van der Waals surface area contributed by atoms with Crippen LogP contribution in [0.3, 0.4) is 0 Å². The molecule has 0 bridgehead atoms. The summed E-state index contributed by atoms with van der Waals surface area (Å²) in [6.07, 6.45) is 4.30. The number of carbonyl (C=O) groups is 2. The third-order valence-electron chi connectivity index (χ3n) is 3.60. The normalized spacial score (nSPS) is 23.6. The fourth-order valence-corrected chi connectivity index (χ4v) is 3.24. The second-order valence-electron chi connectivity index (χ2n) is 4.93. The van der Waals surface area contributed by atoms with Crippen LogP contribution < -0.4 is 5.32 Å². The predicted molar refractivity (Wildman–Crippen MR) is 72.3 cm³/mol. The quantitative estimate of drug-likeness (QED) is 0.833. The van der Waals surface area contributed by atoms with E-state index in [4.69, 9.17) is 0 Å². The predicted octanol–water partition coefficient (Wildman–Crippen LogP) is 2.21. The first kappa shape index (κ1) is 14.0. The molecular formula is C13H18N2O3S. The van der Waals surface area contributed by atoms with Crippen LogP contribution in [0.2, 0.25) is 0 Å². The van der Waals surface area contributed by atoms with Crippen molar-refractivity contribution in [1.82, 2.24) is 10.3 Å². The van der Waals surface area contributed by atoms with Crippen LogP contribution in [0.4, 0.5) is 0 Å². The monoisotopic (exact) mass is 282 g/mol. The minimum atomic E-state index is -0.812. The topological polar surface area (TPSA) is 79.3 Å². The third kappa shape index (κ3) is 3.32. The van der Waals surface area contributed by atoms with Gasteiger partial charge in [-0.05, 0) is 19.8 Å². The van der Waals surface area contributed by atoms with Crippen LogP contribution in [0, 0.1) is 12.8 Å². The fraction of sp³-hybridized carbons (Fsp3) is 0.615. The van der Waals surface area contributed by atoms with Gasteiger partial charge in [0.05, 0.1) is 17.1 Å². The average molecular weight is 282 g/mol. The highest BCUT2D eigenvalue weighted by atomic mass is 32.1. The van der Waals surface area contributed by atoms with Crippen LogP contribution in [-0.2, 0) is 4.79 Å². The number of nitrogens with zero attached hydrogens (tertiary/aromatic N) is 1. The molecule has 6 heteroatoms. The number of nitrogens with one attached hydrogen (secondary N) is 1. The van der Waals surface area contributed by atoms with Gasteiger partial charge in [-0.2, -0.15) is 0 Å². The number of carboxylic acid groups (broad SMARTS) is 1. The van der Waals surface area contributed by atoms with Crippen molar-refractivity contribution in [2.45, 2.75) is 45.1 Å². The molecule has 2 rings (SSSR count). The van der Waals surface area contributed by atoms with Gasteiger partial charge in [0.25, 0.3) is 5.91 Å². The number of aromatic nitrogens is 1. The summed E-state index contributed by atoms with van der Waals surface area (Å²) in [5.74, 6) is -1.48. The van der Waals surface area contributed by atoms with Crippen LogP contribution in [0.1, 0.15) is 47.5 Å². The molecule has 19 heavy (non-hydrogen) atoms. The molecule has 1 aromatic heterocycles. The second kappa shape index (κ2) is 6.14. The minimum absolute atomic E-state index is 0.196. The Morgan fingerprint density at radius 2 is 2.11 bits per heavy atom. The largest absolute Gasteiger partial charge is 0.481 e. The van der Waals surface area contributed by atoms with Gasteiger partial charge < -0.3 is 10.4 Å². The molecule has 104 valence electrons. The van der Waals surface area contributed by atoms with Crippen molar-refractivity contribution in [3.8, 4) is 0 Å². The van der Waals surface area contributed by atoms with Gasteiger partial charge in [-0.1, -0.05) is 19.3 Å². The Kier molecular flexibility index (Phi) is 4.52. The molecule has 1 aliphatic rings. The number of carboxylic acids is 1. The number of hydrogen-bond donors (Lipinski definition) is 2. The smallest absolute Gasteiger partial charge is 0.308 e. The molecule has 1 saturated carbocycles. The zero-order valence-electron chi connectivity index (χ0n) is 10.9. The molecule has 1 heterocycles. The fourth-order valence-electron chi connectivity index (χ4n) is 2.53. The summed E-state index contributed by atoms with van der Waals surface area (Å²) in [5.41, 5.74) is 2.33. The van der Waals surface area contributed by atoms with Crippen LogP contribution >= 0.6 is 11.3 Å². The molecule has 2 N–H and O–H groups in total. The average Bonchev–Trinajstić information content (AvgIpc) is 2.65. The van der Waals surface area contributed by atoms with Crippen molar-refractivity contribution in [3.63, 3.8) is 0 Å². The molecule has 1 fully saturated rings. The molecule has 0 saturated heterocycles. The van der Waals surface area contributed by atoms with E-state index in [1.54, 1.807) is 12.4 Å². The third-order valence-corrected chi connectivity index (χ3v) is 4.53. The Hall–Kier alpha value is -1.43. The Balaban J connectivity index is 2.08. The van der Waals surface area contributed by atoms with Crippen molar-refractivity contribution in [3.05, 3.63) is 16.1 Å². The van der Waals surface area contributed by atoms with Gasteiger partial charge in [-0.25, -0.2) is 4.98 Å². The summed E-state index contributed by atoms with van der Waals surface area (Å²) in [6, 6.07) is -0.269. The van der Waals surface area contributed by atoms with Crippen molar-refractivity contribution in [2.24, 2.45) is 5.92 Å². The second-order valence-corrected chi connectivity index (χ2v) is 5.78. The summed E-state index contributed by atoms with van der Waals surface area (Å²) < 4.78 is 0. The van der Waals surface area contributed by atoms with E-state index in [2.05, 4.69) is 10.3 Å². The highest BCUT2D eigenvalue weighted by Gasteiger charge is 2.31. The van der Waals surface area contributed by atoms with Crippen molar-refractivity contribution < 1.29 is 14.7 Å². The summed E-state index contributed by atoms with van der Waals surface area (Å²) in [6.45, 7) is 1.78. The molecule has 5 nitrogen and oxygen atoms in total. The maximum Gasteiger partial charge on any atom is 0.308 e. The van der Waals surface area contributed by atoms with Gasteiger partial charge in [0.1, 0.15) is 4.88 Å². The number of thiazole rings is 1. The van der Waals surface area contributed by atoms with Crippen LogP contribution in [-0.4, -0.2) is 28.0 Å². The van der Waals surface area contributed by atoms with Gasteiger partial charge in [0.2, 0.25) is 0 Å². The van der Waals surface area contributed by atoms with E-state index in [0.29, 0.717) is 17.0 Å². The van der Waals surface area contributed by atoms with Gasteiger partial charge in [0, 0.05) is 6.04 Å². The molecule has 0 radical (unpaired) electrons. The molecule has 0 spiro atoms. The SMILES string of the molecule is Cc1ncsc1C(=O)NC1CCCCCC1C(=O)O. The first-order valence-electron chi connectivity index (χ1n) is 6.53. The Bertz CT molecular complexity index is 472. The van der Waals surface area contributed by atoms with Crippen molar-refractivity contribution in [1.29, 1.82) is 0 Å². The maximum atomic E-state index is 12.1. The molecule has 0 aromatic carbocycles. The minimum Gasteiger partial charge on any atom is -0.481 e. The Morgan fingerprint density at radius 1 is 1.37 bits per heavy atom. The van der Waals surface area contributed by atoms with E-state index >= 15 is 0 Å². The zero-order chi connectivity index (χ0) is 13.8. The molecule has 1 aliphatic carbocycles. The molecule has 1 amide bonds. The van der Waals surface area contributed by atoms with E-state index < -0.39 is 11.9 Å². The number of amides is 1. The van der Waals surface area contributed by atoms with Gasteiger partial charge in [-0.15, -0.1) is 11.3 Å². The maximum absolute atomic E-state index is 12.1. The zero-order valence-corrected chi connectivity index (χ0v) is 11.7. The van der Waals surface area contributed by atoms with Crippen LogP contribution in [0.25, 0.3) is 0 Å². The van der Waals surface area contributed by atoms with Crippen LogP contribution in [0.5, 0.6) is 0 Å². The van der Waals surface area contributed by atoms with Crippen molar-refractivity contribution in [2.75, 3.05) is 0 Å².